The minimum atomic E-state index is -0.638. The lowest BCUT2D eigenvalue weighted by atomic mass is 9.94. The maximum absolute atomic E-state index is 13.3. The summed E-state index contributed by atoms with van der Waals surface area (Å²) in [4.78, 5) is 30.1. The molecule has 1 atom stereocenters. The molecule has 0 aromatic heterocycles. The van der Waals surface area contributed by atoms with Crippen molar-refractivity contribution < 1.29 is 23.5 Å². The molecule has 2 N–H and O–H groups in total. The first-order valence-electron chi connectivity index (χ1n) is 12.3. The lowest BCUT2D eigenvalue weighted by molar-refractivity contribution is -0.139. The molecule has 4 rings (SSSR count). The van der Waals surface area contributed by atoms with E-state index >= 15 is 0 Å². The summed E-state index contributed by atoms with van der Waals surface area (Å²) in [6.45, 7) is 9.26. The summed E-state index contributed by atoms with van der Waals surface area (Å²) in [5, 5.41) is 5.72. The molecule has 2 aromatic carbocycles. The number of nitrogens with zero attached hydrogens (tertiary/aromatic N) is 2. The molecule has 0 radical (unpaired) electrons. The highest BCUT2D eigenvalue weighted by Gasteiger charge is 2.34. The van der Waals surface area contributed by atoms with E-state index < -0.39 is 12.0 Å². The molecule has 0 saturated carbocycles. The summed E-state index contributed by atoms with van der Waals surface area (Å²) in [7, 11) is 0. The summed E-state index contributed by atoms with van der Waals surface area (Å²) in [6.07, 6.45) is 0.0412. The van der Waals surface area contributed by atoms with Crippen molar-refractivity contribution in [2.45, 2.75) is 32.9 Å². The second-order valence-corrected chi connectivity index (χ2v) is 9.12. The number of anilines is 1. The Morgan fingerprint density at radius 3 is 2.33 bits per heavy atom. The topological polar surface area (TPSA) is 83.1 Å². The first kappa shape index (κ1) is 25.5. The number of hydrogen-bond acceptors (Lipinski definition) is 6. The van der Waals surface area contributed by atoms with Gasteiger partial charge in [0, 0.05) is 44.1 Å². The summed E-state index contributed by atoms with van der Waals surface area (Å²) >= 11 is 0. The second-order valence-electron chi connectivity index (χ2n) is 9.12. The van der Waals surface area contributed by atoms with Gasteiger partial charge in [-0.3, -0.25) is 4.90 Å². The summed E-state index contributed by atoms with van der Waals surface area (Å²) in [5.41, 5.74) is 2.68. The fourth-order valence-electron chi connectivity index (χ4n) is 4.49. The van der Waals surface area contributed by atoms with E-state index in [2.05, 4.69) is 20.4 Å². The number of rotatable bonds is 8. The van der Waals surface area contributed by atoms with E-state index in [1.54, 1.807) is 19.1 Å². The Morgan fingerprint density at radius 1 is 1.06 bits per heavy atom. The molecule has 2 aliphatic rings. The molecular weight excluding hydrogens is 463 g/mol. The van der Waals surface area contributed by atoms with Crippen LogP contribution in [0, 0.1) is 5.82 Å². The number of ether oxygens (including phenoxy) is 2. The Labute approximate surface area is 211 Å². The molecule has 9 heteroatoms. The molecular formula is C27H33FN4O4. The highest BCUT2D eigenvalue weighted by Crippen LogP contribution is 2.30. The predicted molar refractivity (Wildman–Crippen MR) is 135 cm³/mol. The van der Waals surface area contributed by atoms with Gasteiger partial charge in [-0.15, -0.1) is 0 Å². The van der Waals surface area contributed by atoms with E-state index in [9.17, 15) is 14.0 Å². The van der Waals surface area contributed by atoms with Crippen molar-refractivity contribution in [3.05, 3.63) is 71.2 Å². The number of urea groups is 1. The fraction of sp³-hybridized carbons (Fsp3) is 0.407. The normalized spacial score (nSPS) is 18.6. The standard InChI is InChI=1S/C27H33FN4O4/c1-4-35-26(33)24-23(17-31-13-15-32(16-14-31)21-9-7-20(28)8-10-21)29-27(34)30-25(24)19-5-11-22(12-6-19)36-18(2)3/h5-12,18,25H,4,13-17H2,1-3H3,(H2,29,30,34)/t25-/m0/s1. The Hall–Kier alpha value is -3.59. The third-order valence-corrected chi connectivity index (χ3v) is 6.18. The van der Waals surface area contributed by atoms with E-state index in [4.69, 9.17) is 9.47 Å². The van der Waals surface area contributed by atoms with Gasteiger partial charge >= 0.3 is 12.0 Å². The number of esters is 1. The highest BCUT2D eigenvalue weighted by molar-refractivity contribution is 5.95. The molecule has 2 amide bonds. The van der Waals surface area contributed by atoms with Crippen molar-refractivity contribution in [3.63, 3.8) is 0 Å². The first-order chi connectivity index (χ1) is 17.3. The molecule has 0 bridgehead atoms. The summed E-state index contributed by atoms with van der Waals surface area (Å²) in [6, 6.07) is 12.9. The van der Waals surface area contributed by atoms with Crippen molar-refractivity contribution in [3.8, 4) is 5.75 Å². The predicted octanol–water partition coefficient (Wildman–Crippen LogP) is 3.61. The fourth-order valence-corrected chi connectivity index (χ4v) is 4.49. The summed E-state index contributed by atoms with van der Waals surface area (Å²) in [5.74, 6) is 0.00138. The SMILES string of the molecule is CCOC(=O)C1=C(CN2CCN(c3ccc(F)cc3)CC2)NC(=O)N[C@H]1c1ccc(OC(C)C)cc1. The van der Waals surface area contributed by atoms with Gasteiger partial charge in [0.1, 0.15) is 11.6 Å². The van der Waals surface area contributed by atoms with Gasteiger partial charge in [-0.05, 0) is 62.7 Å². The minimum Gasteiger partial charge on any atom is -0.491 e. The van der Waals surface area contributed by atoms with Crippen LogP contribution in [-0.4, -0.2) is 62.3 Å². The van der Waals surface area contributed by atoms with Crippen molar-refractivity contribution in [2.75, 3.05) is 44.2 Å². The maximum atomic E-state index is 13.3. The molecule has 36 heavy (non-hydrogen) atoms. The third-order valence-electron chi connectivity index (χ3n) is 6.18. The van der Waals surface area contributed by atoms with Crippen LogP contribution in [0.25, 0.3) is 0 Å². The largest absolute Gasteiger partial charge is 0.491 e. The van der Waals surface area contributed by atoms with Crippen LogP contribution in [0.15, 0.2) is 59.8 Å². The van der Waals surface area contributed by atoms with Gasteiger partial charge in [0.25, 0.3) is 0 Å². The Bertz CT molecular complexity index is 1090. The smallest absolute Gasteiger partial charge is 0.338 e. The minimum absolute atomic E-state index is 0.0412. The van der Waals surface area contributed by atoms with Gasteiger partial charge in [-0.1, -0.05) is 12.1 Å². The van der Waals surface area contributed by atoms with Gasteiger partial charge in [-0.2, -0.15) is 0 Å². The van der Waals surface area contributed by atoms with Crippen molar-refractivity contribution >= 4 is 17.7 Å². The molecule has 2 heterocycles. The molecule has 2 aromatic rings. The number of carbonyl (C=O) groups excluding carboxylic acids is 2. The van der Waals surface area contributed by atoms with Crippen molar-refractivity contribution in [1.82, 2.24) is 15.5 Å². The zero-order valence-electron chi connectivity index (χ0n) is 20.9. The van der Waals surface area contributed by atoms with Crippen LogP contribution < -0.4 is 20.3 Å². The van der Waals surface area contributed by atoms with Crippen LogP contribution in [0.1, 0.15) is 32.4 Å². The highest BCUT2D eigenvalue weighted by atomic mass is 19.1. The Kier molecular flexibility index (Phi) is 8.10. The van der Waals surface area contributed by atoms with E-state index in [0.29, 0.717) is 17.8 Å². The van der Waals surface area contributed by atoms with Gasteiger partial charge in [0.15, 0.2) is 0 Å². The number of amides is 2. The first-order valence-corrected chi connectivity index (χ1v) is 12.3. The van der Waals surface area contributed by atoms with Gasteiger partial charge in [0.05, 0.1) is 24.3 Å². The molecule has 0 spiro atoms. The van der Waals surface area contributed by atoms with Crippen molar-refractivity contribution in [2.24, 2.45) is 0 Å². The molecule has 2 aliphatic heterocycles. The molecule has 0 aliphatic carbocycles. The average molecular weight is 497 g/mol. The molecule has 8 nitrogen and oxygen atoms in total. The zero-order chi connectivity index (χ0) is 25.7. The van der Waals surface area contributed by atoms with E-state index in [-0.39, 0.29) is 24.6 Å². The third kappa shape index (κ3) is 6.15. The van der Waals surface area contributed by atoms with E-state index in [1.807, 2.05) is 38.1 Å². The van der Waals surface area contributed by atoms with Gasteiger partial charge in [0.2, 0.25) is 0 Å². The molecule has 1 saturated heterocycles. The second kappa shape index (κ2) is 11.4. The van der Waals surface area contributed by atoms with E-state index in [1.165, 1.54) is 12.1 Å². The Balaban J connectivity index is 1.54. The lowest BCUT2D eigenvalue weighted by Crippen LogP contribution is -2.51. The van der Waals surface area contributed by atoms with Crippen LogP contribution in [0.4, 0.5) is 14.9 Å². The van der Waals surface area contributed by atoms with Gasteiger partial charge < -0.3 is 25.0 Å². The van der Waals surface area contributed by atoms with Crippen LogP contribution >= 0.6 is 0 Å². The zero-order valence-corrected chi connectivity index (χ0v) is 20.9. The lowest BCUT2D eigenvalue weighted by Gasteiger charge is -2.38. The average Bonchev–Trinajstić information content (AvgIpc) is 2.85. The number of piperazine rings is 1. The van der Waals surface area contributed by atoms with E-state index in [0.717, 1.165) is 43.2 Å². The maximum Gasteiger partial charge on any atom is 0.338 e. The quantitative estimate of drug-likeness (QED) is 0.544. The number of hydrogen-bond donors (Lipinski definition) is 2. The van der Waals surface area contributed by atoms with Crippen LogP contribution in [0.2, 0.25) is 0 Å². The number of benzene rings is 2. The number of carbonyl (C=O) groups is 2. The van der Waals surface area contributed by atoms with Crippen LogP contribution in [0.5, 0.6) is 5.75 Å². The summed E-state index contributed by atoms with van der Waals surface area (Å²) < 4.78 is 24.4. The van der Waals surface area contributed by atoms with Crippen molar-refractivity contribution in [1.29, 1.82) is 0 Å². The van der Waals surface area contributed by atoms with Crippen LogP contribution in [0.3, 0.4) is 0 Å². The number of halogens is 1. The van der Waals surface area contributed by atoms with Crippen LogP contribution in [-0.2, 0) is 9.53 Å². The van der Waals surface area contributed by atoms with Gasteiger partial charge in [-0.25, -0.2) is 14.0 Å². The molecule has 0 unspecified atom stereocenters. The Morgan fingerprint density at radius 2 is 1.72 bits per heavy atom. The molecule has 192 valence electrons. The molecule has 1 fully saturated rings. The monoisotopic (exact) mass is 496 g/mol. The number of nitrogens with one attached hydrogen (secondary N) is 2.